The highest BCUT2D eigenvalue weighted by molar-refractivity contribution is 6.04. The summed E-state index contributed by atoms with van der Waals surface area (Å²) in [4.78, 5) is 23.6. The number of hydrogen-bond acceptors (Lipinski definition) is 6. The van der Waals surface area contributed by atoms with Gasteiger partial charge in [-0.25, -0.2) is 9.97 Å². The van der Waals surface area contributed by atoms with Crippen molar-refractivity contribution >= 4 is 23.2 Å². The first-order chi connectivity index (χ1) is 14.2. The highest BCUT2D eigenvalue weighted by atomic mass is 16.6. The zero-order valence-corrected chi connectivity index (χ0v) is 16.0. The van der Waals surface area contributed by atoms with Gasteiger partial charge in [0.1, 0.15) is 13.2 Å². The summed E-state index contributed by atoms with van der Waals surface area (Å²) < 4.78 is 11.1. The van der Waals surface area contributed by atoms with Crippen LogP contribution in [0.25, 0.3) is 0 Å². The molecule has 29 heavy (non-hydrogen) atoms. The number of carbonyl (C=O) groups is 1. The van der Waals surface area contributed by atoms with Crippen LogP contribution in [0.2, 0.25) is 0 Å². The quantitative estimate of drug-likeness (QED) is 0.739. The van der Waals surface area contributed by atoms with E-state index in [9.17, 15) is 4.79 Å². The lowest BCUT2D eigenvalue weighted by molar-refractivity contribution is 0.102. The first kappa shape index (κ1) is 17.5. The van der Waals surface area contributed by atoms with Gasteiger partial charge in [0.25, 0.3) is 5.91 Å². The average Bonchev–Trinajstić information content (AvgIpc) is 3.09. The van der Waals surface area contributed by atoms with E-state index in [-0.39, 0.29) is 11.9 Å². The van der Waals surface area contributed by atoms with Crippen LogP contribution in [-0.4, -0.2) is 35.1 Å². The van der Waals surface area contributed by atoms with E-state index in [1.807, 2.05) is 12.1 Å². The lowest BCUT2D eigenvalue weighted by Crippen LogP contribution is -2.26. The molecule has 0 saturated heterocycles. The minimum absolute atomic E-state index is 0.268. The third kappa shape index (κ3) is 3.24. The maximum Gasteiger partial charge on any atom is 0.258 e. The molecule has 3 heterocycles. The number of nitrogens with one attached hydrogen (secondary N) is 1. The molecule has 1 unspecified atom stereocenters. The largest absolute Gasteiger partial charge is 0.486 e. The second kappa shape index (κ2) is 7.09. The molecule has 2 aliphatic rings. The van der Waals surface area contributed by atoms with Crippen LogP contribution in [0, 0.1) is 0 Å². The van der Waals surface area contributed by atoms with Crippen LogP contribution >= 0.6 is 0 Å². The number of ether oxygens (including phenoxy) is 2. The van der Waals surface area contributed by atoms with Crippen LogP contribution < -0.4 is 19.7 Å². The van der Waals surface area contributed by atoms with Crippen molar-refractivity contribution < 1.29 is 14.3 Å². The Labute approximate surface area is 168 Å². The predicted octanol–water partition coefficient (Wildman–Crippen LogP) is 3.58. The summed E-state index contributed by atoms with van der Waals surface area (Å²) >= 11 is 0. The van der Waals surface area contributed by atoms with Gasteiger partial charge in [-0.05, 0) is 37.1 Å². The first-order valence-corrected chi connectivity index (χ1v) is 9.59. The number of benzene rings is 2. The molecule has 0 aliphatic carbocycles. The molecule has 0 bridgehead atoms. The summed E-state index contributed by atoms with van der Waals surface area (Å²) in [6.45, 7) is 3.17. The average molecular weight is 388 g/mol. The van der Waals surface area contributed by atoms with Crippen molar-refractivity contribution in [3.63, 3.8) is 0 Å². The fourth-order valence-corrected chi connectivity index (χ4v) is 3.76. The lowest BCUT2D eigenvalue weighted by Gasteiger charge is -2.22. The second-order valence-corrected chi connectivity index (χ2v) is 7.14. The first-order valence-electron chi connectivity index (χ1n) is 9.59. The number of rotatable bonds is 3. The Morgan fingerprint density at radius 2 is 1.83 bits per heavy atom. The number of anilines is 3. The van der Waals surface area contributed by atoms with Crippen molar-refractivity contribution in [3.05, 3.63) is 66.0 Å². The molecule has 1 aromatic heterocycles. The van der Waals surface area contributed by atoms with Gasteiger partial charge in [-0.3, -0.25) is 4.79 Å². The van der Waals surface area contributed by atoms with Gasteiger partial charge in [0, 0.05) is 35.9 Å². The lowest BCUT2D eigenvalue weighted by atomic mass is 10.1. The summed E-state index contributed by atoms with van der Waals surface area (Å²) in [5.41, 5.74) is 3.42. The number of hydrogen-bond donors (Lipinski definition) is 1. The molecular formula is C22H20N4O3. The number of aromatic nitrogens is 2. The fraction of sp³-hybridized carbons (Fsp3) is 0.227. The summed E-state index contributed by atoms with van der Waals surface area (Å²) in [5, 5.41) is 2.85. The Hall–Kier alpha value is -3.61. The van der Waals surface area contributed by atoms with Gasteiger partial charge in [0.2, 0.25) is 5.95 Å². The van der Waals surface area contributed by atoms with Crippen LogP contribution in [0.3, 0.4) is 0 Å². The molecule has 2 aromatic carbocycles. The molecule has 0 radical (unpaired) electrons. The molecule has 1 atom stereocenters. The van der Waals surface area contributed by atoms with Gasteiger partial charge in [-0.2, -0.15) is 0 Å². The van der Waals surface area contributed by atoms with Gasteiger partial charge in [0.15, 0.2) is 11.5 Å². The van der Waals surface area contributed by atoms with E-state index in [0.717, 1.165) is 12.1 Å². The normalized spacial score (nSPS) is 17.0. The van der Waals surface area contributed by atoms with Crippen molar-refractivity contribution in [2.45, 2.75) is 19.4 Å². The van der Waals surface area contributed by atoms with E-state index in [1.165, 1.54) is 5.56 Å². The third-order valence-electron chi connectivity index (χ3n) is 5.12. The van der Waals surface area contributed by atoms with Crippen LogP contribution in [0.1, 0.15) is 22.8 Å². The van der Waals surface area contributed by atoms with Crippen LogP contribution in [0.5, 0.6) is 11.5 Å². The summed E-state index contributed by atoms with van der Waals surface area (Å²) in [7, 11) is 0. The zero-order valence-electron chi connectivity index (χ0n) is 16.0. The number of fused-ring (bicyclic) bond motifs is 2. The summed E-state index contributed by atoms with van der Waals surface area (Å²) in [5.74, 6) is 1.63. The molecule has 3 aromatic rings. The van der Waals surface area contributed by atoms with Crippen molar-refractivity contribution in [1.29, 1.82) is 0 Å². The molecule has 1 amide bonds. The third-order valence-corrected chi connectivity index (χ3v) is 5.12. The topological polar surface area (TPSA) is 76.6 Å². The van der Waals surface area contributed by atoms with Crippen LogP contribution in [0.15, 0.2) is 54.9 Å². The Morgan fingerprint density at radius 1 is 1.07 bits per heavy atom. The van der Waals surface area contributed by atoms with Crippen LogP contribution in [-0.2, 0) is 6.42 Å². The Kier molecular flexibility index (Phi) is 4.27. The van der Waals surface area contributed by atoms with E-state index >= 15 is 0 Å². The van der Waals surface area contributed by atoms with Crippen molar-refractivity contribution in [1.82, 2.24) is 9.97 Å². The van der Waals surface area contributed by atoms with E-state index in [0.29, 0.717) is 41.9 Å². The number of amides is 1. The zero-order chi connectivity index (χ0) is 19.8. The Bertz CT molecular complexity index is 1070. The molecule has 0 spiro atoms. The molecule has 0 saturated carbocycles. The van der Waals surface area contributed by atoms with Gasteiger partial charge in [-0.1, -0.05) is 18.2 Å². The monoisotopic (exact) mass is 388 g/mol. The molecule has 1 N–H and O–H groups in total. The van der Waals surface area contributed by atoms with E-state index in [4.69, 9.17) is 9.47 Å². The maximum atomic E-state index is 12.6. The number of para-hydroxylation sites is 1. The Balaban J connectivity index is 1.33. The minimum atomic E-state index is -0.275. The van der Waals surface area contributed by atoms with Gasteiger partial charge in [0.05, 0.1) is 5.56 Å². The van der Waals surface area contributed by atoms with Crippen LogP contribution in [0.4, 0.5) is 17.3 Å². The van der Waals surface area contributed by atoms with Gasteiger partial charge in [-0.15, -0.1) is 0 Å². The highest BCUT2D eigenvalue weighted by Crippen LogP contribution is 2.36. The van der Waals surface area contributed by atoms with E-state index in [1.54, 1.807) is 30.6 Å². The number of carbonyl (C=O) groups excluding carboxylic acids is 1. The number of nitrogens with zero attached hydrogens (tertiary/aromatic N) is 3. The fourth-order valence-electron chi connectivity index (χ4n) is 3.76. The Morgan fingerprint density at radius 3 is 2.66 bits per heavy atom. The smallest absolute Gasteiger partial charge is 0.258 e. The standard InChI is InChI=1S/C22H20N4O3/c1-14-10-15-4-2-3-5-18(15)26(14)22-23-12-16(13-24-22)21(27)25-17-6-7-19-20(11-17)29-9-8-28-19/h2-7,11-14H,8-10H2,1H3,(H,25,27). The molecule has 0 fully saturated rings. The minimum Gasteiger partial charge on any atom is -0.486 e. The van der Waals surface area contributed by atoms with Crippen molar-refractivity contribution in [3.8, 4) is 11.5 Å². The maximum absolute atomic E-state index is 12.6. The summed E-state index contributed by atoms with van der Waals surface area (Å²) in [6.07, 6.45) is 4.07. The molecule has 7 nitrogen and oxygen atoms in total. The molecule has 2 aliphatic heterocycles. The summed E-state index contributed by atoms with van der Waals surface area (Å²) in [6, 6.07) is 13.8. The molecule has 5 rings (SSSR count). The van der Waals surface area contributed by atoms with Gasteiger partial charge < -0.3 is 19.7 Å². The molecular weight excluding hydrogens is 368 g/mol. The van der Waals surface area contributed by atoms with E-state index < -0.39 is 0 Å². The van der Waals surface area contributed by atoms with Crippen molar-refractivity contribution in [2.24, 2.45) is 0 Å². The molecule has 146 valence electrons. The SMILES string of the molecule is CC1Cc2ccccc2N1c1ncc(C(=O)Nc2ccc3c(c2)OCCO3)cn1. The highest BCUT2D eigenvalue weighted by Gasteiger charge is 2.28. The second-order valence-electron chi connectivity index (χ2n) is 7.14. The predicted molar refractivity (Wildman–Crippen MR) is 109 cm³/mol. The van der Waals surface area contributed by atoms with Crippen molar-refractivity contribution in [2.75, 3.05) is 23.4 Å². The van der Waals surface area contributed by atoms with Gasteiger partial charge >= 0.3 is 0 Å². The molecule has 7 heteroatoms. The van der Waals surface area contributed by atoms with E-state index in [2.05, 4.69) is 39.2 Å².